The average molecular weight is 308 g/mol. The second-order valence-electron chi connectivity index (χ2n) is 5.94. The molecule has 0 fully saturated rings. The van der Waals surface area contributed by atoms with Crippen molar-refractivity contribution >= 4 is 18.7 Å². The summed E-state index contributed by atoms with van der Waals surface area (Å²) in [6.07, 6.45) is -0.927. The molecule has 0 aromatic heterocycles. The van der Waals surface area contributed by atoms with Crippen LogP contribution in [0.3, 0.4) is 0 Å². The fourth-order valence-corrected chi connectivity index (χ4v) is 2.20. The SMILES string of the molecule is CC(C)(C)OC(=O)NCOc1cccc2c1B(O)OC2CN. The molecule has 1 aliphatic heterocycles. The first-order valence-corrected chi connectivity index (χ1v) is 7.08. The van der Waals surface area contributed by atoms with Crippen molar-refractivity contribution in [2.24, 2.45) is 5.73 Å². The minimum absolute atomic E-state index is 0.0780. The molecule has 1 aromatic carbocycles. The van der Waals surface area contributed by atoms with Crippen molar-refractivity contribution < 1.29 is 23.9 Å². The molecule has 4 N–H and O–H groups in total. The van der Waals surface area contributed by atoms with Gasteiger partial charge in [0.2, 0.25) is 0 Å². The summed E-state index contributed by atoms with van der Waals surface area (Å²) in [4.78, 5) is 11.5. The van der Waals surface area contributed by atoms with Crippen LogP contribution >= 0.6 is 0 Å². The number of alkyl carbamates (subject to hydrolysis) is 1. The van der Waals surface area contributed by atoms with Crippen LogP contribution in [-0.4, -0.2) is 37.1 Å². The molecule has 1 heterocycles. The summed E-state index contributed by atoms with van der Waals surface area (Å²) in [5.41, 5.74) is 6.38. The zero-order chi connectivity index (χ0) is 16.3. The van der Waals surface area contributed by atoms with Crippen LogP contribution in [0.1, 0.15) is 32.4 Å². The Balaban J connectivity index is 1.98. The Labute approximate surface area is 129 Å². The number of carbonyl (C=O) groups is 1. The van der Waals surface area contributed by atoms with E-state index in [-0.39, 0.29) is 19.4 Å². The van der Waals surface area contributed by atoms with Crippen LogP contribution in [0.5, 0.6) is 5.75 Å². The van der Waals surface area contributed by atoms with E-state index in [1.807, 2.05) is 6.07 Å². The first-order valence-electron chi connectivity index (χ1n) is 7.08. The van der Waals surface area contributed by atoms with Crippen LogP contribution in [0.15, 0.2) is 18.2 Å². The second-order valence-corrected chi connectivity index (χ2v) is 5.94. The van der Waals surface area contributed by atoms with Gasteiger partial charge in [-0.05, 0) is 32.4 Å². The number of hydrogen-bond acceptors (Lipinski definition) is 6. The third kappa shape index (κ3) is 3.91. The fraction of sp³-hybridized carbons (Fsp3) is 0.500. The monoisotopic (exact) mass is 308 g/mol. The van der Waals surface area contributed by atoms with Crippen LogP contribution < -0.4 is 21.3 Å². The summed E-state index contributed by atoms with van der Waals surface area (Å²) < 4.78 is 16.0. The van der Waals surface area contributed by atoms with Gasteiger partial charge in [0.1, 0.15) is 11.4 Å². The molecule has 1 atom stereocenters. The molecule has 1 unspecified atom stereocenters. The highest BCUT2D eigenvalue weighted by atomic mass is 16.6. The van der Waals surface area contributed by atoms with Crippen molar-refractivity contribution in [2.75, 3.05) is 13.3 Å². The van der Waals surface area contributed by atoms with Crippen LogP contribution in [0.4, 0.5) is 4.79 Å². The van der Waals surface area contributed by atoms with Crippen molar-refractivity contribution in [3.05, 3.63) is 23.8 Å². The van der Waals surface area contributed by atoms with Gasteiger partial charge in [0.15, 0.2) is 6.73 Å². The third-order valence-corrected chi connectivity index (χ3v) is 3.04. The molecule has 1 amide bonds. The van der Waals surface area contributed by atoms with Gasteiger partial charge in [-0.15, -0.1) is 0 Å². The van der Waals surface area contributed by atoms with Gasteiger partial charge >= 0.3 is 13.2 Å². The largest absolute Gasteiger partial charge is 0.495 e. The Morgan fingerprint density at radius 2 is 2.23 bits per heavy atom. The van der Waals surface area contributed by atoms with E-state index in [2.05, 4.69) is 5.32 Å². The van der Waals surface area contributed by atoms with Crippen molar-refractivity contribution in [1.82, 2.24) is 5.32 Å². The molecule has 0 saturated carbocycles. The lowest BCUT2D eigenvalue weighted by molar-refractivity contribution is 0.0485. The Kier molecular flexibility index (Phi) is 4.95. The molecular weight excluding hydrogens is 287 g/mol. The van der Waals surface area contributed by atoms with Gasteiger partial charge < -0.3 is 24.9 Å². The normalized spacial score (nSPS) is 17.1. The summed E-state index contributed by atoms with van der Waals surface area (Å²) in [7, 11) is -1.08. The van der Waals surface area contributed by atoms with Gasteiger partial charge in [-0.2, -0.15) is 0 Å². The van der Waals surface area contributed by atoms with Crippen molar-refractivity contribution in [3.8, 4) is 5.75 Å². The number of nitrogens with one attached hydrogen (secondary N) is 1. The highest BCUT2D eigenvalue weighted by Crippen LogP contribution is 2.26. The Bertz CT molecular complexity index is 547. The molecule has 7 nitrogen and oxygen atoms in total. The molecule has 120 valence electrons. The number of rotatable bonds is 4. The molecule has 0 saturated heterocycles. The maximum absolute atomic E-state index is 11.5. The molecule has 8 heteroatoms. The Morgan fingerprint density at radius 1 is 1.50 bits per heavy atom. The third-order valence-electron chi connectivity index (χ3n) is 3.04. The first-order chi connectivity index (χ1) is 10.3. The lowest BCUT2D eigenvalue weighted by Gasteiger charge is -2.20. The van der Waals surface area contributed by atoms with Gasteiger partial charge in [-0.3, -0.25) is 5.32 Å². The zero-order valence-electron chi connectivity index (χ0n) is 13.0. The minimum atomic E-state index is -1.08. The van der Waals surface area contributed by atoms with Crippen LogP contribution in [0.25, 0.3) is 0 Å². The maximum Gasteiger partial charge on any atom is 0.495 e. The number of amides is 1. The van der Waals surface area contributed by atoms with E-state index in [1.54, 1.807) is 32.9 Å². The number of carbonyl (C=O) groups excluding carboxylic acids is 1. The van der Waals surface area contributed by atoms with E-state index < -0.39 is 18.8 Å². The van der Waals surface area contributed by atoms with Crippen LogP contribution in [0.2, 0.25) is 0 Å². The molecule has 1 aromatic rings. The molecule has 0 radical (unpaired) electrons. The average Bonchev–Trinajstić information content (AvgIpc) is 2.74. The van der Waals surface area contributed by atoms with Crippen molar-refractivity contribution in [2.45, 2.75) is 32.5 Å². The molecule has 1 aliphatic rings. The number of nitrogens with two attached hydrogens (primary N) is 1. The highest BCUT2D eigenvalue weighted by molar-refractivity contribution is 6.62. The Morgan fingerprint density at radius 3 is 2.86 bits per heavy atom. The van der Waals surface area contributed by atoms with E-state index in [0.29, 0.717) is 11.2 Å². The number of ether oxygens (including phenoxy) is 2. The Hall–Kier alpha value is -1.77. The topological polar surface area (TPSA) is 103 Å². The van der Waals surface area contributed by atoms with Gasteiger partial charge in [-0.25, -0.2) is 4.79 Å². The molecular formula is C14H21BN2O5. The number of benzene rings is 1. The second kappa shape index (κ2) is 6.56. The van der Waals surface area contributed by atoms with E-state index in [4.69, 9.17) is 19.9 Å². The molecule has 0 spiro atoms. The van der Waals surface area contributed by atoms with Crippen molar-refractivity contribution in [3.63, 3.8) is 0 Å². The molecule has 22 heavy (non-hydrogen) atoms. The van der Waals surface area contributed by atoms with Gasteiger partial charge in [0, 0.05) is 12.0 Å². The van der Waals surface area contributed by atoms with E-state index in [0.717, 1.165) is 5.56 Å². The van der Waals surface area contributed by atoms with E-state index in [9.17, 15) is 9.82 Å². The van der Waals surface area contributed by atoms with Gasteiger partial charge in [-0.1, -0.05) is 12.1 Å². The van der Waals surface area contributed by atoms with E-state index in [1.165, 1.54) is 0 Å². The summed E-state index contributed by atoms with van der Waals surface area (Å²) in [6, 6.07) is 5.31. The summed E-state index contributed by atoms with van der Waals surface area (Å²) >= 11 is 0. The lowest BCUT2D eigenvalue weighted by Crippen LogP contribution is -2.36. The summed E-state index contributed by atoms with van der Waals surface area (Å²) in [5.74, 6) is 0.442. The zero-order valence-corrected chi connectivity index (χ0v) is 13.0. The van der Waals surface area contributed by atoms with Crippen molar-refractivity contribution in [1.29, 1.82) is 0 Å². The van der Waals surface area contributed by atoms with E-state index >= 15 is 0 Å². The van der Waals surface area contributed by atoms with Crippen LogP contribution in [-0.2, 0) is 9.39 Å². The maximum atomic E-state index is 11.5. The quantitative estimate of drug-likeness (QED) is 0.545. The van der Waals surface area contributed by atoms with Crippen LogP contribution in [0, 0.1) is 0 Å². The number of fused-ring (bicyclic) bond motifs is 1. The summed E-state index contributed by atoms with van der Waals surface area (Å²) in [6.45, 7) is 5.52. The first kappa shape index (κ1) is 16.6. The smallest absolute Gasteiger partial charge is 0.473 e. The predicted molar refractivity (Wildman–Crippen MR) is 81.8 cm³/mol. The highest BCUT2D eigenvalue weighted by Gasteiger charge is 2.37. The van der Waals surface area contributed by atoms with Gasteiger partial charge in [0.05, 0.1) is 6.10 Å². The fourth-order valence-electron chi connectivity index (χ4n) is 2.20. The molecule has 0 aliphatic carbocycles. The number of hydrogen-bond donors (Lipinski definition) is 3. The lowest BCUT2D eigenvalue weighted by atomic mass is 9.78. The van der Waals surface area contributed by atoms with Gasteiger partial charge in [0.25, 0.3) is 0 Å². The minimum Gasteiger partial charge on any atom is -0.473 e. The standard InChI is InChI=1S/C14H21BN2O5/c1-14(2,3)21-13(18)17-8-20-10-6-4-5-9-11(7-16)22-15(19)12(9)10/h4-6,11,19H,7-8,16H2,1-3H3,(H,17,18). The summed E-state index contributed by atoms with van der Waals surface area (Å²) in [5, 5.41) is 12.4. The molecule has 2 rings (SSSR count). The predicted octanol–water partition coefficient (Wildman–Crippen LogP) is 0.265. The molecule has 0 bridgehead atoms.